The van der Waals surface area contributed by atoms with Crippen LogP contribution in [-0.2, 0) is 20.9 Å². The van der Waals surface area contributed by atoms with Gasteiger partial charge in [0.25, 0.3) is 0 Å². The molecule has 0 aliphatic heterocycles. The lowest BCUT2D eigenvalue weighted by molar-refractivity contribution is -0.392. The van der Waals surface area contributed by atoms with Gasteiger partial charge in [-0.1, -0.05) is 0 Å². The van der Waals surface area contributed by atoms with Crippen LogP contribution in [0.5, 0.6) is 0 Å². The second kappa shape index (κ2) is 9.52. The third-order valence-electron chi connectivity index (χ3n) is 2.94. The number of thiocarbonyl (C=S) groups is 1. The number of nitro groups is 1. The number of rotatable bonds is 8. The standard InChI is InChI=1S/C12H17N5O6S/c1-8-13-7-10(17(21)22)16(8)5-6-23-11(19)4-2-3-9(18)14-12(24)15-20/h7,20H,2-6H2,1H3,(H2,14,15,18,24). The summed E-state index contributed by atoms with van der Waals surface area (Å²) in [7, 11) is 0. The van der Waals surface area contributed by atoms with Gasteiger partial charge in [-0.2, -0.15) is 0 Å². The molecule has 1 aromatic rings. The molecular weight excluding hydrogens is 342 g/mol. The lowest BCUT2D eigenvalue weighted by atomic mass is 10.2. The van der Waals surface area contributed by atoms with Crippen LogP contribution in [0.4, 0.5) is 5.82 Å². The van der Waals surface area contributed by atoms with E-state index in [2.05, 4.69) is 22.5 Å². The molecule has 3 N–H and O–H groups in total. The second-order valence-electron chi connectivity index (χ2n) is 4.64. The molecule has 0 saturated heterocycles. The largest absolute Gasteiger partial charge is 0.461 e. The number of imidazole rings is 1. The molecule has 24 heavy (non-hydrogen) atoms. The summed E-state index contributed by atoms with van der Waals surface area (Å²) in [6, 6.07) is 0. The van der Waals surface area contributed by atoms with Crippen molar-refractivity contribution in [3.05, 3.63) is 22.1 Å². The van der Waals surface area contributed by atoms with Crippen LogP contribution in [0.2, 0.25) is 0 Å². The molecule has 0 unspecified atom stereocenters. The van der Waals surface area contributed by atoms with Gasteiger partial charge in [0.15, 0.2) is 10.9 Å². The number of esters is 1. The van der Waals surface area contributed by atoms with Crippen molar-refractivity contribution in [1.82, 2.24) is 20.3 Å². The van der Waals surface area contributed by atoms with Crippen LogP contribution in [-0.4, -0.2) is 43.3 Å². The Kier molecular flexibility index (Phi) is 7.71. The number of nitrogens with one attached hydrogen (secondary N) is 2. The van der Waals surface area contributed by atoms with Crippen LogP contribution < -0.4 is 10.8 Å². The fourth-order valence-electron chi connectivity index (χ4n) is 1.81. The third-order valence-corrected chi connectivity index (χ3v) is 3.13. The maximum Gasteiger partial charge on any atom is 0.342 e. The van der Waals surface area contributed by atoms with E-state index in [1.165, 1.54) is 4.57 Å². The number of carbonyl (C=O) groups is 2. The Balaban J connectivity index is 2.28. The van der Waals surface area contributed by atoms with Crippen LogP contribution in [0, 0.1) is 17.0 Å². The number of carbonyl (C=O) groups excluding carboxylic acids is 2. The van der Waals surface area contributed by atoms with E-state index < -0.39 is 16.8 Å². The van der Waals surface area contributed by atoms with Gasteiger partial charge in [0.1, 0.15) is 19.3 Å². The first kappa shape index (κ1) is 19.4. The average molecular weight is 359 g/mol. The van der Waals surface area contributed by atoms with E-state index in [9.17, 15) is 19.7 Å². The molecule has 1 amide bonds. The van der Waals surface area contributed by atoms with Crippen LogP contribution in [0.25, 0.3) is 0 Å². The van der Waals surface area contributed by atoms with Crippen LogP contribution >= 0.6 is 12.2 Å². The predicted molar refractivity (Wildman–Crippen MR) is 84.1 cm³/mol. The van der Waals surface area contributed by atoms with E-state index in [0.29, 0.717) is 5.82 Å². The lowest BCUT2D eigenvalue weighted by Crippen LogP contribution is -2.37. The molecule has 0 aromatic carbocycles. The van der Waals surface area contributed by atoms with Crippen LogP contribution in [0.3, 0.4) is 0 Å². The Morgan fingerprint density at radius 3 is 2.83 bits per heavy atom. The number of aromatic nitrogens is 2. The zero-order chi connectivity index (χ0) is 18.1. The van der Waals surface area contributed by atoms with Crippen LogP contribution in [0.15, 0.2) is 6.20 Å². The molecule has 132 valence electrons. The summed E-state index contributed by atoms with van der Waals surface area (Å²) in [6.07, 6.45) is 1.42. The summed E-state index contributed by atoms with van der Waals surface area (Å²) in [5.41, 5.74) is 1.61. The molecule has 0 bridgehead atoms. The first-order valence-electron chi connectivity index (χ1n) is 6.91. The minimum atomic E-state index is -0.563. The highest BCUT2D eigenvalue weighted by Gasteiger charge is 2.17. The number of nitrogens with zero attached hydrogens (tertiary/aromatic N) is 3. The smallest absolute Gasteiger partial charge is 0.342 e. The van der Waals surface area contributed by atoms with Gasteiger partial charge in [-0.05, 0) is 23.6 Å². The number of hydroxylamine groups is 1. The van der Waals surface area contributed by atoms with Crippen molar-refractivity contribution < 1.29 is 24.5 Å². The molecule has 1 heterocycles. The fourth-order valence-corrected chi connectivity index (χ4v) is 1.93. The van der Waals surface area contributed by atoms with Gasteiger partial charge in [0.2, 0.25) is 5.91 Å². The second-order valence-corrected chi connectivity index (χ2v) is 5.04. The van der Waals surface area contributed by atoms with Gasteiger partial charge < -0.3 is 20.2 Å². The molecule has 0 radical (unpaired) electrons. The van der Waals surface area contributed by atoms with Crippen molar-refractivity contribution in [1.29, 1.82) is 0 Å². The Labute approximate surface area is 142 Å². The Bertz CT molecular complexity index is 631. The van der Waals surface area contributed by atoms with E-state index >= 15 is 0 Å². The number of ether oxygens (including phenoxy) is 1. The highest BCUT2D eigenvalue weighted by molar-refractivity contribution is 7.80. The van der Waals surface area contributed by atoms with Crippen molar-refractivity contribution >= 4 is 35.0 Å². The van der Waals surface area contributed by atoms with E-state index in [0.717, 1.165) is 6.20 Å². The predicted octanol–water partition coefficient (Wildman–Crippen LogP) is 0.193. The first-order valence-corrected chi connectivity index (χ1v) is 7.32. The van der Waals surface area contributed by atoms with Gasteiger partial charge in [-0.3, -0.25) is 14.8 Å². The average Bonchev–Trinajstić information content (AvgIpc) is 2.88. The lowest BCUT2D eigenvalue weighted by Gasteiger charge is -2.06. The number of hydrogen-bond donors (Lipinski definition) is 3. The van der Waals surface area contributed by atoms with Gasteiger partial charge in [0, 0.05) is 19.8 Å². The van der Waals surface area contributed by atoms with Crippen molar-refractivity contribution in [2.75, 3.05) is 6.61 Å². The SMILES string of the molecule is Cc1ncc([N+](=O)[O-])n1CCOC(=O)CCCC(=O)NC(=S)NO. The van der Waals surface area contributed by atoms with Gasteiger partial charge in [-0.15, -0.1) is 0 Å². The molecular formula is C12H17N5O6S. The summed E-state index contributed by atoms with van der Waals surface area (Å²) in [5, 5.41) is 21.2. The van der Waals surface area contributed by atoms with E-state index in [1.54, 1.807) is 12.4 Å². The van der Waals surface area contributed by atoms with Gasteiger partial charge in [0.05, 0.1) is 0 Å². The quantitative estimate of drug-likeness (QED) is 0.256. The highest BCUT2D eigenvalue weighted by atomic mass is 32.1. The first-order chi connectivity index (χ1) is 11.3. The van der Waals surface area contributed by atoms with Crippen molar-refractivity contribution in [3.8, 4) is 0 Å². The molecule has 12 heteroatoms. The minimum Gasteiger partial charge on any atom is -0.461 e. The normalized spacial score (nSPS) is 10.1. The Morgan fingerprint density at radius 2 is 2.21 bits per heavy atom. The summed E-state index contributed by atoms with van der Waals surface area (Å²) in [6.45, 7) is 1.69. The van der Waals surface area contributed by atoms with Crippen molar-refractivity contribution in [3.63, 3.8) is 0 Å². The Hall–Kier alpha value is -2.60. The molecule has 0 aliphatic rings. The summed E-state index contributed by atoms with van der Waals surface area (Å²) in [4.78, 5) is 37.0. The van der Waals surface area contributed by atoms with Crippen LogP contribution in [0.1, 0.15) is 25.1 Å². The van der Waals surface area contributed by atoms with Crippen molar-refractivity contribution in [2.45, 2.75) is 32.7 Å². The topological polar surface area (TPSA) is 149 Å². The molecule has 0 atom stereocenters. The summed E-state index contributed by atoms with van der Waals surface area (Å²) >= 11 is 4.53. The zero-order valence-electron chi connectivity index (χ0n) is 12.9. The van der Waals surface area contributed by atoms with E-state index in [4.69, 9.17) is 9.94 Å². The zero-order valence-corrected chi connectivity index (χ0v) is 13.7. The molecule has 11 nitrogen and oxygen atoms in total. The van der Waals surface area contributed by atoms with Gasteiger partial charge in [-0.25, -0.2) is 15.0 Å². The van der Waals surface area contributed by atoms with Crippen molar-refractivity contribution in [2.24, 2.45) is 0 Å². The number of amides is 1. The highest BCUT2D eigenvalue weighted by Crippen LogP contribution is 2.13. The molecule has 0 spiro atoms. The number of hydrogen-bond acceptors (Lipinski definition) is 8. The minimum absolute atomic E-state index is 0.0116. The van der Waals surface area contributed by atoms with E-state index in [1.807, 2.05) is 0 Å². The maximum atomic E-state index is 11.5. The molecule has 0 aliphatic carbocycles. The molecule has 0 fully saturated rings. The molecule has 1 rings (SSSR count). The maximum absolute atomic E-state index is 11.5. The monoisotopic (exact) mass is 359 g/mol. The number of aryl methyl sites for hydroxylation is 1. The molecule has 0 saturated carbocycles. The molecule has 1 aromatic heterocycles. The Morgan fingerprint density at radius 1 is 1.50 bits per heavy atom. The van der Waals surface area contributed by atoms with Gasteiger partial charge >= 0.3 is 11.8 Å². The van der Waals surface area contributed by atoms with E-state index in [-0.39, 0.29) is 43.3 Å². The summed E-state index contributed by atoms with van der Waals surface area (Å²) in [5.74, 6) is -0.693. The fraction of sp³-hybridized carbons (Fsp3) is 0.500. The summed E-state index contributed by atoms with van der Waals surface area (Å²) < 4.78 is 6.31. The third kappa shape index (κ3) is 6.26.